The SMILES string of the molecule is C=C(CO)OO. The minimum atomic E-state index is -0.337. The summed E-state index contributed by atoms with van der Waals surface area (Å²) < 4.78 is 0. The number of hydrogen-bond acceptors (Lipinski definition) is 3. The van der Waals surface area contributed by atoms with Gasteiger partial charge in [-0.1, -0.05) is 6.58 Å². The Labute approximate surface area is 35.4 Å². The minimum Gasteiger partial charge on any atom is -0.388 e. The highest BCUT2D eigenvalue weighted by Crippen LogP contribution is 1.82. The standard InChI is InChI=1S/C3H6O3/c1-3(2-4)6-5/h4-5H,1-2H2. The summed E-state index contributed by atoms with van der Waals surface area (Å²) in [7, 11) is 0. The van der Waals surface area contributed by atoms with Crippen molar-refractivity contribution in [2.75, 3.05) is 6.61 Å². The van der Waals surface area contributed by atoms with E-state index in [0.717, 1.165) is 0 Å². The lowest BCUT2D eigenvalue weighted by atomic mass is 10.6. The van der Waals surface area contributed by atoms with Crippen molar-refractivity contribution in [2.45, 2.75) is 0 Å². The quantitative estimate of drug-likeness (QED) is 0.284. The Morgan fingerprint density at radius 3 is 2.33 bits per heavy atom. The average Bonchev–Trinajstić information content (AvgIpc) is 1.65. The van der Waals surface area contributed by atoms with Gasteiger partial charge in [-0.05, 0) is 0 Å². The Bertz CT molecular complexity index is 44.0. The molecule has 0 spiro atoms. The van der Waals surface area contributed by atoms with Gasteiger partial charge in [-0.15, -0.1) is 0 Å². The van der Waals surface area contributed by atoms with E-state index < -0.39 is 0 Å². The van der Waals surface area contributed by atoms with Gasteiger partial charge in [-0.2, -0.15) is 0 Å². The van der Waals surface area contributed by atoms with Gasteiger partial charge in [0.15, 0.2) is 5.76 Å². The van der Waals surface area contributed by atoms with Crippen LogP contribution in [0.4, 0.5) is 0 Å². The van der Waals surface area contributed by atoms with E-state index in [-0.39, 0.29) is 12.4 Å². The summed E-state index contributed by atoms with van der Waals surface area (Å²) in [6.45, 7) is 2.73. The Balaban J connectivity index is 2.99. The zero-order valence-corrected chi connectivity index (χ0v) is 3.22. The van der Waals surface area contributed by atoms with E-state index in [1.54, 1.807) is 0 Å². The molecule has 0 atom stereocenters. The molecule has 0 fully saturated rings. The molecule has 0 aliphatic rings. The summed E-state index contributed by atoms with van der Waals surface area (Å²) in [5, 5.41) is 15.5. The van der Waals surface area contributed by atoms with Crippen molar-refractivity contribution in [3.8, 4) is 0 Å². The topological polar surface area (TPSA) is 49.7 Å². The molecular weight excluding hydrogens is 84.0 g/mol. The summed E-state index contributed by atoms with van der Waals surface area (Å²) >= 11 is 0. The minimum absolute atomic E-state index is 0.0463. The van der Waals surface area contributed by atoms with Crippen LogP contribution in [0.1, 0.15) is 0 Å². The Hall–Kier alpha value is -0.540. The highest BCUT2D eigenvalue weighted by Gasteiger charge is 1.82. The van der Waals surface area contributed by atoms with Crippen LogP contribution in [0.15, 0.2) is 12.3 Å². The molecule has 0 unspecified atom stereocenters. The second kappa shape index (κ2) is 2.68. The molecule has 6 heavy (non-hydrogen) atoms. The van der Waals surface area contributed by atoms with Gasteiger partial charge in [0.1, 0.15) is 6.61 Å². The second-order valence-electron chi connectivity index (χ2n) is 0.788. The van der Waals surface area contributed by atoms with Crippen LogP contribution in [0.3, 0.4) is 0 Å². The van der Waals surface area contributed by atoms with Crippen LogP contribution in [-0.2, 0) is 4.89 Å². The maximum absolute atomic E-state index is 7.95. The monoisotopic (exact) mass is 90.0 g/mol. The summed E-state index contributed by atoms with van der Waals surface area (Å²) in [5.41, 5.74) is 0. The van der Waals surface area contributed by atoms with E-state index in [1.165, 1.54) is 0 Å². The Morgan fingerprint density at radius 1 is 1.83 bits per heavy atom. The maximum Gasteiger partial charge on any atom is 0.160 e. The lowest BCUT2D eigenvalue weighted by Crippen LogP contribution is -1.88. The van der Waals surface area contributed by atoms with Crippen molar-refractivity contribution in [3.63, 3.8) is 0 Å². The maximum atomic E-state index is 7.95. The Kier molecular flexibility index (Phi) is 2.44. The predicted octanol–water partition coefficient (Wildman–Crippen LogP) is -0.0180. The normalized spacial score (nSPS) is 7.67. The van der Waals surface area contributed by atoms with Crippen LogP contribution >= 0.6 is 0 Å². The van der Waals surface area contributed by atoms with E-state index in [1.807, 2.05) is 0 Å². The molecule has 0 saturated carbocycles. The lowest BCUT2D eigenvalue weighted by molar-refractivity contribution is -0.208. The van der Waals surface area contributed by atoms with Crippen LogP contribution in [-0.4, -0.2) is 17.0 Å². The molecule has 0 aliphatic carbocycles. The van der Waals surface area contributed by atoms with Crippen LogP contribution < -0.4 is 0 Å². The first-order valence-electron chi connectivity index (χ1n) is 1.41. The zero-order valence-electron chi connectivity index (χ0n) is 3.22. The van der Waals surface area contributed by atoms with Crippen LogP contribution in [0.2, 0.25) is 0 Å². The third-order valence-electron chi connectivity index (χ3n) is 0.305. The van der Waals surface area contributed by atoms with Gasteiger partial charge < -0.3 is 9.99 Å². The summed E-state index contributed by atoms with van der Waals surface area (Å²) in [6.07, 6.45) is 0. The van der Waals surface area contributed by atoms with Crippen molar-refractivity contribution >= 4 is 0 Å². The summed E-state index contributed by atoms with van der Waals surface area (Å²) in [4.78, 5) is 3.45. The van der Waals surface area contributed by atoms with Crippen LogP contribution in [0.25, 0.3) is 0 Å². The smallest absolute Gasteiger partial charge is 0.160 e. The van der Waals surface area contributed by atoms with Gasteiger partial charge in [0, 0.05) is 0 Å². The highest BCUT2D eigenvalue weighted by atomic mass is 17.1. The van der Waals surface area contributed by atoms with Crippen molar-refractivity contribution < 1.29 is 15.3 Å². The van der Waals surface area contributed by atoms with E-state index in [2.05, 4.69) is 11.5 Å². The van der Waals surface area contributed by atoms with E-state index >= 15 is 0 Å². The lowest BCUT2D eigenvalue weighted by Gasteiger charge is -1.90. The third-order valence-corrected chi connectivity index (χ3v) is 0.305. The van der Waals surface area contributed by atoms with E-state index in [4.69, 9.17) is 10.4 Å². The highest BCUT2D eigenvalue weighted by molar-refractivity contribution is 4.77. The first-order chi connectivity index (χ1) is 2.81. The van der Waals surface area contributed by atoms with Crippen LogP contribution in [0, 0.1) is 0 Å². The third kappa shape index (κ3) is 1.75. The first-order valence-corrected chi connectivity index (χ1v) is 1.41. The molecule has 0 heterocycles. The number of rotatable bonds is 2. The Morgan fingerprint density at radius 2 is 2.33 bits per heavy atom. The van der Waals surface area contributed by atoms with Gasteiger partial charge in [0.2, 0.25) is 0 Å². The molecule has 0 aromatic rings. The molecule has 0 aromatic carbocycles. The van der Waals surface area contributed by atoms with Gasteiger partial charge in [0.05, 0.1) is 0 Å². The van der Waals surface area contributed by atoms with Crippen molar-refractivity contribution in [3.05, 3.63) is 12.3 Å². The van der Waals surface area contributed by atoms with Crippen molar-refractivity contribution in [1.29, 1.82) is 0 Å². The molecular formula is C3H6O3. The number of hydrogen-bond donors (Lipinski definition) is 2. The summed E-state index contributed by atoms with van der Waals surface area (Å²) in [6, 6.07) is 0. The van der Waals surface area contributed by atoms with Crippen LogP contribution in [0.5, 0.6) is 0 Å². The average molecular weight is 90.1 g/mol. The fraction of sp³-hybridized carbons (Fsp3) is 0.333. The fourth-order valence-corrected chi connectivity index (χ4v) is 0.0289. The molecule has 0 rings (SSSR count). The number of aliphatic hydroxyl groups excluding tert-OH is 1. The second-order valence-corrected chi connectivity index (χ2v) is 0.788. The van der Waals surface area contributed by atoms with Crippen molar-refractivity contribution in [1.82, 2.24) is 0 Å². The van der Waals surface area contributed by atoms with Gasteiger partial charge in [0.25, 0.3) is 0 Å². The first kappa shape index (κ1) is 5.46. The molecule has 0 amide bonds. The molecule has 0 bridgehead atoms. The molecule has 36 valence electrons. The zero-order chi connectivity index (χ0) is 4.99. The molecule has 0 saturated heterocycles. The molecule has 3 nitrogen and oxygen atoms in total. The molecule has 3 heteroatoms. The fourth-order valence-electron chi connectivity index (χ4n) is 0.0289. The van der Waals surface area contributed by atoms with E-state index in [0.29, 0.717) is 0 Å². The summed E-state index contributed by atoms with van der Waals surface area (Å²) in [5.74, 6) is -0.0463. The predicted molar refractivity (Wildman–Crippen MR) is 19.9 cm³/mol. The van der Waals surface area contributed by atoms with Gasteiger partial charge in [-0.3, -0.25) is 0 Å². The van der Waals surface area contributed by atoms with Crippen molar-refractivity contribution in [2.24, 2.45) is 0 Å². The molecule has 0 aliphatic heterocycles. The van der Waals surface area contributed by atoms with Gasteiger partial charge >= 0.3 is 0 Å². The molecule has 2 N–H and O–H groups in total. The van der Waals surface area contributed by atoms with E-state index in [9.17, 15) is 0 Å². The largest absolute Gasteiger partial charge is 0.388 e. The molecule has 0 radical (unpaired) electrons. The van der Waals surface area contributed by atoms with Gasteiger partial charge in [-0.25, -0.2) is 5.26 Å². The number of aliphatic hydroxyl groups is 1. The molecule has 0 aromatic heterocycles.